The van der Waals surface area contributed by atoms with E-state index in [1.165, 1.54) is 0 Å². The topological polar surface area (TPSA) is 61.8 Å². The fraction of sp³-hybridized carbons (Fsp3) is 0.278. The van der Waals surface area contributed by atoms with Gasteiger partial charge in [0.05, 0.1) is 20.3 Å². The molecular formula is C18H22N2O3. The number of anilines is 1. The van der Waals surface area contributed by atoms with E-state index in [4.69, 9.17) is 4.74 Å². The molecular weight excluding hydrogens is 292 g/mol. The summed E-state index contributed by atoms with van der Waals surface area (Å²) >= 11 is 0. The van der Waals surface area contributed by atoms with Crippen molar-refractivity contribution in [1.29, 1.82) is 0 Å². The smallest absolute Gasteiger partial charge is 0.239 e. The molecule has 0 aliphatic rings. The number of hydrogen-bond donors (Lipinski definition) is 2. The third kappa shape index (κ3) is 5.30. The standard InChI is InChI=1S/C18H22N2O3/c1-23-17-9-7-15(8-10-17)13-19-18(22)14-20(11-12-21)16-5-3-2-4-6-16/h2-10,21H,11-14H2,1H3,(H,19,22). The van der Waals surface area contributed by atoms with Crippen molar-refractivity contribution in [3.05, 3.63) is 60.2 Å². The largest absolute Gasteiger partial charge is 0.497 e. The number of aliphatic hydroxyl groups excluding tert-OH is 1. The number of nitrogens with one attached hydrogen (secondary N) is 1. The number of benzene rings is 2. The third-order valence-electron chi connectivity index (χ3n) is 3.47. The van der Waals surface area contributed by atoms with Gasteiger partial charge in [-0.1, -0.05) is 30.3 Å². The molecule has 0 radical (unpaired) electrons. The fourth-order valence-corrected chi connectivity index (χ4v) is 2.23. The van der Waals surface area contributed by atoms with Crippen LogP contribution >= 0.6 is 0 Å². The van der Waals surface area contributed by atoms with Crippen LogP contribution in [0.15, 0.2) is 54.6 Å². The highest BCUT2D eigenvalue weighted by Gasteiger charge is 2.10. The summed E-state index contributed by atoms with van der Waals surface area (Å²) in [7, 11) is 1.62. The van der Waals surface area contributed by atoms with Crippen LogP contribution in [0.25, 0.3) is 0 Å². The van der Waals surface area contributed by atoms with Crippen LogP contribution < -0.4 is 15.0 Å². The summed E-state index contributed by atoms with van der Waals surface area (Å²) in [4.78, 5) is 14.0. The van der Waals surface area contributed by atoms with Gasteiger partial charge in [-0.3, -0.25) is 4.79 Å². The molecule has 0 atom stereocenters. The van der Waals surface area contributed by atoms with Crippen molar-refractivity contribution in [2.24, 2.45) is 0 Å². The second-order valence-corrected chi connectivity index (χ2v) is 5.11. The van der Waals surface area contributed by atoms with Gasteiger partial charge in [0.15, 0.2) is 0 Å². The van der Waals surface area contributed by atoms with Crippen LogP contribution in [0.1, 0.15) is 5.56 Å². The van der Waals surface area contributed by atoms with Crippen molar-refractivity contribution in [3.8, 4) is 5.75 Å². The van der Waals surface area contributed by atoms with E-state index in [2.05, 4.69) is 5.32 Å². The fourth-order valence-electron chi connectivity index (χ4n) is 2.23. The second kappa shape index (κ2) is 8.80. The van der Waals surface area contributed by atoms with Crippen LogP contribution in [0.4, 0.5) is 5.69 Å². The first-order valence-electron chi connectivity index (χ1n) is 7.53. The van der Waals surface area contributed by atoms with Crippen LogP contribution in [-0.2, 0) is 11.3 Å². The van der Waals surface area contributed by atoms with Crippen molar-refractivity contribution < 1.29 is 14.6 Å². The summed E-state index contributed by atoms with van der Waals surface area (Å²) in [5.41, 5.74) is 1.92. The summed E-state index contributed by atoms with van der Waals surface area (Å²) in [6, 6.07) is 17.2. The third-order valence-corrected chi connectivity index (χ3v) is 3.47. The second-order valence-electron chi connectivity index (χ2n) is 5.11. The predicted molar refractivity (Wildman–Crippen MR) is 90.6 cm³/mol. The molecule has 2 rings (SSSR count). The Balaban J connectivity index is 1.88. The number of carbonyl (C=O) groups is 1. The molecule has 23 heavy (non-hydrogen) atoms. The van der Waals surface area contributed by atoms with Crippen LogP contribution in [0.3, 0.4) is 0 Å². The van der Waals surface area contributed by atoms with Gasteiger partial charge in [0.25, 0.3) is 0 Å². The molecule has 0 saturated heterocycles. The number of nitrogens with zero attached hydrogens (tertiary/aromatic N) is 1. The quantitative estimate of drug-likeness (QED) is 0.780. The maximum atomic E-state index is 12.1. The average Bonchev–Trinajstić information content (AvgIpc) is 2.61. The van der Waals surface area contributed by atoms with Crippen molar-refractivity contribution in [1.82, 2.24) is 5.32 Å². The Labute approximate surface area is 136 Å². The van der Waals surface area contributed by atoms with Gasteiger partial charge in [-0.15, -0.1) is 0 Å². The predicted octanol–water partition coefficient (Wildman–Crippen LogP) is 1.81. The Hall–Kier alpha value is -2.53. The number of methoxy groups -OCH3 is 1. The molecule has 5 nitrogen and oxygen atoms in total. The highest BCUT2D eigenvalue weighted by molar-refractivity contribution is 5.81. The molecule has 2 aromatic carbocycles. The van der Waals surface area contributed by atoms with E-state index in [-0.39, 0.29) is 19.1 Å². The molecule has 0 unspecified atom stereocenters. The zero-order valence-electron chi connectivity index (χ0n) is 13.2. The Morgan fingerprint density at radius 2 is 1.83 bits per heavy atom. The van der Waals surface area contributed by atoms with Gasteiger partial charge in [0.1, 0.15) is 5.75 Å². The van der Waals surface area contributed by atoms with Crippen LogP contribution in [0, 0.1) is 0 Å². The lowest BCUT2D eigenvalue weighted by atomic mass is 10.2. The molecule has 0 fully saturated rings. The Kier molecular flexibility index (Phi) is 6.44. The number of hydrogen-bond acceptors (Lipinski definition) is 4. The highest BCUT2D eigenvalue weighted by Crippen LogP contribution is 2.13. The van der Waals surface area contributed by atoms with Gasteiger partial charge < -0.3 is 20.1 Å². The number of amides is 1. The molecule has 2 N–H and O–H groups in total. The van der Waals surface area contributed by atoms with Gasteiger partial charge >= 0.3 is 0 Å². The van der Waals surface area contributed by atoms with E-state index in [0.717, 1.165) is 17.0 Å². The number of ether oxygens (including phenoxy) is 1. The lowest BCUT2D eigenvalue weighted by Crippen LogP contribution is -2.38. The summed E-state index contributed by atoms with van der Waals surface area (Å²) in [6.07, 6.45) is 0. The zero-order valence-corrected chi connectivity index (χ0v) is 13.2. The molecule has 2 aromatic rings. The molecule has 0 spiro atoms. The number of rotatable bonds is 8. The SMILES string of the molecule is COc1ccc(CNC(=O)CN(CCO)c2ccccc2)cc1. The molecule has 0 aromatic heterocycles. The Bertz CT molecular complexity index is 599. The van der Waals surface area contributed by atoms with E-state index < -0.39 is 0 Å². The van der Waals surface area contributed by atoms with Gasteiger partial charge in [0.2, 0.25) is 5.91 Å². The van der Waals surface area contributed by atoms with Gasteiger partial charge in [-0.25, -0.2) is 0 Å². The zero-order chi connectivity index (χ0) is 16.5. The van der Waals surface area contributed by atoms with Gasteiger partial charge in [-0.05, 0) is 29.8 Å². The van der Waals surface area contributed by atoms with Gasteiger partial charge in [-0.2, -0.15) is 0 Å². The molecule has 122 valence electrons. The molecule has 5 heteroatoms. The lowest BCUT2D eigenvalue weighted by Gasteiger charge is -2.23. The first-order valence-corrected chi connectivity index (χ1v) is 7.53. The maximum Gasteiger partial charge on any atom is 0.239 e. The van der Waals surface area contributed by atoms with Crippen LogP contribution in [0.2, 0.25) is 0 Å². The molecule has 0 aliphatic carbocycles. The van der Waals surface area contributed by atoms with Crippen LogP contribution in [0.5, 0.6) is 5.75 Å². The van der Waals surface area contributed by atoms with E-state index in [9.17, 15) is 9.90 Å². The van der Waals surface area contributed by atoms with E-state index in [1.54, 1.807) is 7.11 Å². The van der Waals surface area contributed by atoms with Crippen LogP contribution in [-0.4, -0.2) is 37.8 Å². The van der Waals surface area contributed by atoms with E-state index in [1.807, 2.05) is 59.5 Å². The van der Waals surface area contributed by atoms with E-state index >= 15 is 0 Å². The number of para-hydroxylation sites is 1. The highest BCUT2D eigenvalue weighted by atomic mass is 16.5. The summed E-state index contributed by atoms with van der Waals surface area (Å²) in [5.74, 6) is 0.705. The Morgan fingerprint density at radius 1 is 1.13 bits per heavy atom. The van der Waals surface area contributed by atoms with Gasteiger partial charge in [0, 0.05) is 18.8 Å². The minimum absolute atomic E-state index is 0.000649. The Morgan fingerprint density at radius 3 is 2.43 bits per heavy atom. The summed E-state index contributed by atoms with van der Waals surface area (Å²) < 4.78 is 5.11. The van der Waals surface area contributed by atoms with Crippen molar-refractivity contribution in [2.45, 2.75) is 6.54 Å². The maximum absolute atomic E-state index is 12.1. The van der Waals surface area contributed by atoms with Crippen molar-refractivity contribution >= 4 is 11.6 Å². The average molecular weight is 314 g/mol. The number of carbonyl (C=O) groups excluding carboxylic acids is 1. The first kappa shape index (κ1) is 16.8. The minimum Gasteiger partial charge on any atom is -0.497 e. The summed E-state index contributed by atoms with van der Waals surface area (Å²) in [5, 5.41) is 12.1. The molecule has 0 heterocycles. The molecule has 0 bridgehead atoms. The minimum atomic E-state index is -0.0851. The monoisotopic (exact) mass is 314 g/mol. The van der Waals surface area contributed by atoms with E-state index in [0.29, 0.717) is 13.1 Å². The molecule has 0 aliphatic heterocycles. The van der Waals surface area contributed by atoms with Crippen molar-refractivity contribution in [2.75, 3.05) is 31.7 Å². The lowest BCUT2D eigenvalue weighted by molar-refractivity contribution is -0.119. The first-order chi connectivity index (χ1) is 11.2. The number of aliphatic hydroxyl groups is 1. The molecule has 1 amide bonds. The van der Waals surface area contributed by atoms with Crippen molar-refractivity contribution in [3.63, 3.8) is 0 Å². The molecule has 0 saturated carbocycles. The normalized spacial score (nSPS) is 10.2. The summed E-state index contributed by atoms with van der Waals surface area (Å²) in [6.45, 7) is 1.09.